The van der Waals surface area contributed by atoms with Crippen molar-refractivity contribution in [3.8, 4) is 17.2 Å². The molecule has 25 heavy (non-hydrogen) atoms. The number of rotatable bonds is 6. The van der Waals surface area contributed by atoms with Crippen LogP contribution in [-0.2, 0) is 4.79 Å². The van der Waals surface area contributed by atoms with Crippen LogP contribution < -0.4 is 19.5 Å². The predicted octanol–water partition coefficient (Wildman–Crippen LogP) is 3.32. The van der Waals surface area contributed by atoms with Gasteiger partial charge in [-0.1, -0.05) is 23.8 Å². The zero-order chi connectivity index (χ0) is 17.6. The molecular formula is C20H21NO4. The molecule has 0 saturated carbocycles. The Hall–Kier alpha value is -2.95. The van der Waals surface area contributed by atoms with Crippen molar-refractivity contribution in [2.24, 2.45) is 0 Å². The fraction of sp³-hybridized carbons (Fsp3) is 0.250. The molecule has 130 valence electrons. The number of fused-ring (bicyclic) bond motifs is 1. The Bertz CT molecular complexity index is 768. The van der Waals surface area contributed by atoms with Crippen LogP contribution in [0.5, 0.6) is 17.2 Å². The maximum absolute atomic E-state index is 12.0. The van der Waals surface area contributed by atoms with Gasteiger partial charge in [-0.2, -0.15) is 0 Å². The lowest BCUT2D eigenvalue weighted by molar-refractivity contribution is -0.117. The molecular weight excluding hydrogens is 318 g/mol. The van der Waals surface area contributed by atoms with Gasteiger partial charge in [0.1, 0.15) is 12.4 Å². The van der Waals surface area contributed by atoms with E-state index < -0.39 is 0 Å². The summed E-state index contributed by atoms with van der Waals surface area (Å²) in [5, 5.41) is 2.88. The number of aryl methyl sites for hydroxylation is 1. The molecule has 3 rings (SSSR count). The minimum Gasteiger partial charge on any atom is -0.491 e. The number of nitrogens with one attached hydrogen (secondary N) is 1. The van der Waals surface area contributed by atoms with Crippen LogP contribution in [0.2, 0.25) is 0 Å². The van der Waals surface area contributed by atoms with Gasteiger partial charge in [0, 0.05) is 6.08 Å². The SMILES string of the molecule is Cc1ccc(OCC(C)NC(=O)/C=C/c2ccc3c(c2)OCO3)cc1. The van der Waals surface area contributed by atoms with E-state index in [9.17, 15) is 4.79 Å². The predicted molar refractivity (Wildman–Crippen MR) is 95.9 cm³/mol. The molecule has 0 radical (unpaired) electrons. The molecule has 5 heteroatoms. The van der Waals surface area contributed by atoms with Crippen molar-refractivity contribution in [3.05, 3.63) is 59.7 Å². The zero-order valence-corrected chi connectivity index (χ0v) is 14.3. The summed E-state index contributed by atoms with van der Waals surface area (Å²) in [6.07, 6.45) is 3.24. The van der Waals surface area contributed by atoms with E-state index in [4.69, 9.17) is 14.2 Å². The molecule has 5 nitrogen and oxygen atoms in total. The number of ether oxygens (including phenoxy) is 3. The molecule has 0 bridgehead atoms. The highest BCUT2D eigenvalue weighted by Gasteiger charge is 2.12. The van der Waals surface area contributed by atoms with E-state index in [0.29, 0.717) is 12.4 Å². The molecule has 1 amide bonds. The highest BCUT2D eigenvalue weighted by atomic mass is 16.7. The minimum absolute atomic E-state index is 0.102. The van der Waals surface area contributed by atoms with Gasteiger partial charge in [0.2, 0.25) is 12.7 Å². The first kappa shape index (κ1) is 16.9. The second-order valence-corrected chi connectivity index (χ2v) is 5.98. The van der Waals surface area contributed by atoms with Crippen LogP contribution in [0.15, 0.2) is 48.5 Å². The van der Waals surface area contributed by atoms with Crippen molar-refractivity contribution in [2.45, 2.75) is 19.9 Å². The van der Waals surface area contributed by atoms with Crippen LogP contribution in [-0.4, -0.2) is 25.3 Å². The first-order valence-corrected chi connectivity index (χ1v) is 8.18. The van der Waals surface area contributed by atoms with Gasteiger partial charge in [0.05, 0.1) is 6.04 Å². The Balaban J connectivity index is 1.47. The largest absolute Gasteiger partial charge is 0.491 e. The van der Waals surface area contributed by atoms with Crippen LogP contribution in [0.3, 0.4) is 0 Å². The Morgan fingerprint density at radius 1 is 1.20 bits per heavy atom. The van der Waals surface area contributed by atoms with Crippen LogP contribution in [0.4, 0.5) is 0 Å². The molecule has 1 unspecified atom stereocenters. The summed E-state index contributed by atoms with van der Waals surface area (Å²) in [5.41, 5.74) is 2.06. The van der Waals surface area contributed by atoms with Gasteiger partial charge < -0.3 is 19.5 Å². The molecule has 1 heterocycles. The molecule has 1 aliphatic rings. The second-order valence-electron chi connectivity index (χ2n) is 5.98. The Kier molecular flexibility index (Phi) is 5.23. The van der Waals surface area contributed by atoms with Crippen molar-refractivity contribution >= 4 is 12.0 Å². The van der Waals surface area contributed by atoms with E-state index in [2.05, 4.69) is 5.32 Å². The van der Waals surface area contributed by atoms with Gasteiger partial charge in [-0.25, -0.2) is 0 Å². The van der Waals surface area contributed by atoms with E-state index in [-0.39, 0.29) is 18.7 Å². The third-order valence-corrected chi connectivity index (χ3v) is 3.73. The van der Waals surface area contributed by atoms with Gasteiger partial charge in [-0.3, -0.25) is 4.79 Å². The lowest BCUT2D eigenvalue weighted by atomic mass is 10.2. The third kappa shape index (κ3) is 4.76. The van der Waals surface area contributed by atoms with Gasteiger partial charge in [0.15, 0.2) is 11.5 Å². The standard InChI is InChI=1S/C20H21NO4/c1-14-3-7-17(8-4-14)23-12-15(2)21-20(22)10-6-16-5-9-18-19(11-16)25-13-24-18/h3-11,15H,12-13H2,1-2H3,(H,21,22)/b10-6+. The zero-order valence-electron chi connectivity index (χ0n) is 14.3. The van der Waals surface area contributed by atoms with Crippen LogP contribution in [0.1, 0.15) is 18.1 Å². The normalized spacial score (nSPS) is 13.7. The van der Waals surface area contributed by atoms with Gasteiger partial charge in [0.25, 0.3) is 0 Å². The summed E-state index contributed by atoms with van der Waals surface area (Å²) < 4.78 is 16.2. The quantitative estimate of drug-likeness (QED) is 0.820. The molecule has 0 fully saturated rings. The Labute approximate surface area is 147 Å². The van der Waals surface area contributed by atoms with Gasteiger partial charge in [-0.05, 0) is 49.8 Å². The summed E-state index contributed by atoms with van der Waals surface area (Å²) in [6.45, 7) is 4.58. The van der Waals surface area contributed by atoms with Crippen molar-refractivity contribution < 1.29 is 19.0 Å². The lowest BCUT2D eigenvalue weighted by Gasteiger charge is -2.14. The van der Waals surface area contributed by atoms with E-state index in [1.54, 1.807) is 6.08 Å². The monoisotopic (exact) mass is 339 g/mol. The first-order chi connectivity index (χ1) is 12.1. The van der Waals surface area contributed by atoms with E-state index in [0.717, 1.165) is 17.1 Å². The van der Waals surface area contributed by atoms with E-state index in [1.165, 1.54) is 11.6 Å². The highest BCUT2D eigenvalue weighted by Crippen LogP contribution is 2.32. The summed E-state index contributed by atoms with van der Waals surface area (Å²) >= 11 is 0. The average molecular weight is 339 g/mol. The van der Waals surface area contributed by atoms with Crippen molar-refractivity contribution in [2.75, 3.05) is 13.4 Å². The van der Waals surface area contributed by atoms with Crippen LogP contribution in [0, 0.1) is 6.92 Å². The van der Waals surface area contributed by atoms with Crippen LogP contribution in [0.25, 0.3) is 6.08 Å². The fourth-order valence-corrected chi connectivity index (χ4v) is 2.38. The molecule has 2 aromatic carbocycles. The van der Waals surface area contributed by atoms with E-state index >= 15 is 0 Å². The van der Waals surface area contributed by atoms with Crippen molar-refractivity contribution in [3.63, 3.8) is 0 Å². The molecule has 1 N–H and O–H groups in total. The van der Waals surface area contributed by atoms with Crippen molar-refractivity contribution in [1.82, 2.24) is 5.32 Å². The fourth-order valence-electron chi connectivity index (χ4n) is 2.38. The Morgan fingerprint density at radius 3 is 2.76 bits per heavy atom. The number of benzene rings is 2. The molecule has 0 aromatic heterocycles. The topological polar surface area (TPSA) is 56.8 Å². The number of amides is 1. The molecule has 1 aliphatic heterocycles. The van der Waals surface area contributed by atoms with Crippen molar-refractivity contribution in [1.29, 1.82) is 0 Å². The summed E-state index contributed by atoms with van der Waals surface area (Å²) in [7, 11) is 0. The summed E-state index contributed by atoms with van der Waals surface area (Å²) in [6, 6.07) is 13.3. The minimum atomic E-state index is -0.169. The smallest absolute Gasteiger partial charge is 0.244 e. The lowest BCUT2D eigenvalue weighted by Crippen LogP contribution is -2.35. The van der Waals surface area contributed by atoms with Gasteiger partial charge in [-0.15, -0.1) is 0 Å². The summed E-state index contributed by atoms with van der Waals surface area (Å²) in [5.74, 6) is 2.05. The molecule has 0 saturated heterocycles. The number of carbonyl (C=O) groups excluding carboxylic acids is 1. The van der Waals surface area contributed by atoms with E-state index in [1.807, 2.05) is 56.3 Å². The average Bonchev–Trinajstić information content (AvgIpc) is 3.07. The molecule has 2 aromatic rings. The highest BCUT2D eigenvalue weighted by molar-refractivity contribution is 5.92. The van der Waals surface area contributed by atoms with Crippen LogP contribution >= 0.6 is 0 Å². The molecule has 0 aliphatic carbocycles. The first-order valence-electron chi connectivity index (χ1n) is 8.18. The third-order valence-electron chi connectivity index (χ3n) is 3.73. The number of hydrogen-bond acceptors (Lipinski definition) is 4. The van der Waals surface area contributed by atoms with Gasteiger partial charge >= 0.3 is 0 Å². The maximum Gasteiger partial charge on any atom is 0.244 e. The maximum atomic E-state index is 12.0. The number of carbonyl (C=O) groups is 1. The Morgan fingerprint density at radius 2 is 1.96 bits per heavy atom. The molecule has 0 spiro atoms. The second kappa shape index (κ2) is 7.75. The molecule has 1 atom stereocenters. The summed E-state index contributed by atoms with van der Waals surface area (Å²) in [4.78, 5) is 12.0. The number of hydrogen-bond donors (Lipinski definition) is 1.